The van der Waals surface area contributed by atoms with Crippen LogP contribution in [0.3, 0.4) is 0 Å². The summed E-state index contributed by atoms with van der Waals surface area (Å²) in [6, 6.07) is 0. The maximum Gasteiger partial charge on any atom is 0.256 e. The van der Waals surface area contributed by atoms with Crippen LogP contribution in [0.1, 0.15) is 34.1 Å². The lowest BCUT2D eigenvalue weighted by Gasteiger charge is -2.18. The summed E-state index contributed by atoms with van der Waals surface area (Å²) in [7, 11) is 0. The van der Waals surface area contributed by atoms with Crippen LogP contribution in [-0.2, 0) is 12.8 Å². The molecule has 0 saturated carbocycles. The lowest BCUT2D eigenvalue weighted by molar-refractivity contribution is 0.102. The van der Waals surface area contributed by atoms with Gasteiger partial charge in [0.2, 0.25) is 0 Å². The number of anilines is 1. The zero-order valence-electron chi connectivity index (χ0n) is 10.2. The van der Waals surface area contributed by atoms with E-state index in [9.17, 15) is 4.79 Å². The molecule has 0 aliphatic heterocycles. The molecule has 0 spiro atoms. The molecule has 4 nitrogen and oxygen atoms in total. The molecule has 1 aliphatic carbocycles. The van der Waals surface area contributed by atoms with Crippen molar-refractivity contribution in [3.05, 3.63) is 33.8 Å². The van der Waals surface area contributed by atoms with Gasteiger partial charge in [0.05, 0.1) is 17.4 Å². The molecule has 0 radical (unpaired) electrons. The second kappa shape index (κ2) is 4.57. The number of rotatable bonds is 2. The molecule has 3 rings (SSSR count). The Hall–Kier alpha value is -1.62. The van der Waals surface area contributed by atoms with Gasteiger partial charge in [0.1, 0.15) is 0 Å². The van der Waals surface area contributed by atoms with Gasteiger partial charge in [-0.15, -0.1) is 11.3 Å². The third-order valence-corrected chi connectivity index (χ3v) is 4.45. The maximum atomic E-state index is 12.2. The van der Waals surface area contributed by atoms with Crippen LogP contribution in [0.2, 0.25) is 0 Å². The first kappa shape index (κ1) is 11.5. The minimum atomic E-state index is -0.0246. The van der Waals surface area contributed by atoms with Crippen molar-refractivity contribution in [2.45, 2.75) is 26.2 Å². The van der Waals surface area contributed by atoms with Gasteiger partial charge >= 0.3 is 0 Å². The number of carbonyl (C=O) groups is 1. The predicted molar refractivity (Wildman–Crippen MR) is 72.0 cm³/mol. The first-order chi connectivity index (χ1) is 8.74. The molecule has 2 aromatic heterocycles. The number of hydrogen-bond donors (Lipinski definition) is 2. The Morgan fingerprint density at radius 3 is 3.28 bits per heavy atom. The van der Waals surface area contributed by atoms with E-state index in [-0.39, 0.29) is 5.91 Å². The Labute approximate surface area is 109 Å². The highest BCUT2D eigenvalue weighted by Crippen LogP contribution is 2.33. The van der Waals surface area contributed by atoms with Gasteiger partial charge in [0, 0.05) is 16.5 Å². The number of aromatic amines is 1. The van der Waals surface area contributed by atoms with Crippen LogP contribution in [-0.4, -0.2) is 16.1 Å². The molecule has 1 unspecified atom stereocenters. The first-order valence-electron chi connectivity index (χ1n) is 6.13. The van der Waals surface area contributed by atoms with E-state index in [2.05, 4.69) is 22.4 Å². The molecule has 1 atom stereocenters. The van der Waals surface area contributed by atoms with Crippen LogP contribution in [0.25, 0.3) is 0 Å². The van der Waals surface area contributed by atoms with Gasteiger partial charge in [0.15, 0.2) is 0 Å². The smallest absolute Gasteiger partial charge is 0.256 e. The van der Waals surface area contributed by atoms with Crippen molar-refractivity contribution < 1.29 is 4.79 Å². The molecule has 94 valence electrons. The van der Waals surface area contributed by atoms with Gasteiger partial charge in [-0.1, -0.05) is 6.92 Å². The van der Waals surface area contributed by atoms with Crippen LogP contribution >= 0.6 is 11.3 Å². The summed E-state index contributed by atoms with van der Waals surface area (Å²) >= 11 is 1.71. The van der Waals surface area contributed by atoms with E-state index in [1.165, 1.54) is 16.9 Å². The van der Waals surface area contributed by atoms with Crippen molar-refractivity contribution in [3.63, 3.8) is 0 Å². The number of thiophene rings is 1. The molecule has 2 N–H and O–H groups in total. The highest BCUT2D eigenvalue weighted by atomic mass is 32.1. The third kappa shape index (κ3) is 2.06. The maximum absolute atomic E-state index is 12.2. The van der Waals surface area contributed by atoms with Crippen LogP contribution in [0, 0.1) is 5.92 Å². The fraction of sp³-hybridized carbons (Fsp3) is 0.385. The van der Waals surface area contributed by atoms with Crippen molar-refractivity contribution in [2.75, 3.05) is 5.32 Å². The molecule has 1 amide bonds. The second-order valence-electron chi connectivity index (χ2n) is 4.84. The summed E-state index contributed by atoms with van der Waals surface area (Å²) in [4.78, 5) is 13.6. The van der Waals surface area contributed by atoms with Crippen LogP contribution in [0.4, 0.5) is 5.69 Å². The number of amides is 1. The zero-order chi connectivity index (χ0) is 12.5. The van der Waals surface area contributed by atoms with Crippen molar-refractivity contribution in [1.29, 1.82) is 0 Å². The minimum absolute atomic E-state index is 0.0246. The molecule has 0 aromatic carbocycles. The zero-order valence-corrected chi connectivity index (χ0v) is 11.0. The Bertz CT molecular complexity index is 559. The van der Waals surface area contributed by atoms with Crippen LogP contribution < -0.4 is 5.32 Å². The average Bonchev–Trinajstić information content (AvgIpc) is 2.97. The first-order valence-corrected chi connectivity index (χ1v) is 7.01. The number of H-pyrrole nitrogens is 1. The van der Waals surface area contributed by atoms with E-state index < -0.39 is 0 Å². The minimum Gasteiger partial charge on any atom is -0.319 e. The summed E-state index contributed by atoms with van der Waals surface area (Å²) in [6.07, 6.45) is 6.60. The second-order valence-corrected chi connectivity index (χ2v) is 5.80. The van der Waals surface area contributed by atoms with E-state index in [4.69, 9.17) is 0 Å². The number of nitrogens with zero attached hydrogens (tertiary/aromatic N) is 1. The molecule has 2 aromatic rings. The number of hydrogen-bond acceptors (Lipinski definition) is 3. The predicted octanol–water partition coefficient (Wildman–Crippen LogP) is 2.85. The van der Waals surface area contributed by atoms with E-state index in [1.807, 2.05) is 5.38 Å². The molecule has 1 aliphatic rings. The lowest BCUT2D eigenvalue weighted by Crippen LogP contribution is -2.16. The Balaban J connectivity index is 1.82. The van der Waals surface area contributed by atoms with Gasteiger partial charge in [0.25, 0.3) is 5.91 Å². The number of fused-ring (bicyclic) bond motifs is 1. The van der Waals surface area contributed by atoms with Crippen molar-refractivity contribution in [3.8, 4) is 0 Å². The number of nitrogens with one attached hydrogen (secondary N) is 2. The van der Waals surface area contributed by atoms with Crippen LogP contribution in [0.15, 0.2) is 17.8 Å². The molecular weight excluding hydrogens is 246 g/mol. The van der Waals surface area contributed by atoms with E-state index in [1.54, 1.807) is 23.7 Å². The van der Waals surface area contributed by atoms with Gasteiger partial charge in [-0.3, -0.25) is 9.89 Å². The highest BCUT2D eigenvalue weighted by molar-refractivity contribution is 7.10. The van der Waals surface area contributed by atoms with E-state index >= 15 is 0 Å². The van der Waals surface area contributed by atoms with Crippen molar-refractivity contribution in [1.82, 2.24) is 10.2 Å². The summed E-state index contributed by atoms with van der Waals surface area (Å²) in [5.41, 5.74) is 2.80. The summed E-state index contributed by atoms with van der Waals surface area (Å²) in [5, 5.41) is 11.3. The number of carbonyl (C=O) groups excluding carboxylic acids is 1. The van der Waals surface area contributed by atoms with Gasteiger partial charge < -0.3 is 5.32 Å². The molecule has 0 saturated heterocycles. The normalized spacial score (nSPS) is 18.4. The fourth-order valence-electron chi connectivity index (χ4n) is 2.39. The Kier molecular flexibility index (Phi) is 2.91. The number of aromatic nitrogens is 2. The third-order valence-electron chi connectivity index (χ3n) is 3.40. The fourth-order valence-corrected chi connectivity index (χ4v) is 3.63. The standard InChI is InChI=1S/C13H15N3OS/c1-8-2-3-10-11(7-18-12(10)4-8)13(17)16-9-5-14-15-6-9/h5-8H,2-4H2,1H3,(H,14,15)(H,16,17). The molecule has 5 heteroatoms. The monoisotopic (exact) mass is 261 g/mol. The molecule has 0 fully saturated rings. The summed E-state index contributed by atoms with van der Waals surface area (Å²) in [5.74, 6) is 0.712. The Morgan fingerprint density at radius 1 is 1.61 bits per heavy atom. The van der Waals surface area contributed by atoms with E-state index in [0.29, 0.717) is 5.69 Å². The van der Waals surface area contributed by atoms with Crippen molar-refractivity contribution in [2.24, 2.45) is 5.92 Å². The molecule has 0 bridgehead atoms. The Morgan fingerprint density at radius 2 is 2.50 bits per heavy atom. The summed E-state index contributed by atoms with van der Waals surface area (Å²) < 4.78 is 0. The largest absolute Gasteiger partial charge is 0.319 e. The molecule has 2 heterocycles. The van der Waals surface area contributed by atoms with Crippen LogP contribution in [0.5, 0.6) is 0 Å². The topological polar surface area (TPSA) is 57.8 Å². The quantitative estimate of drug-likeness (QED) is 0.873. The highest BCUT2D eigenvalue weighted by Gasteiger charge is 2.23. The van der Waals surface area contributed by atoms with Gasteiger partial charge in [-0.05, 0) is 30.7 Å². The van der Waals surface area contributed by atoms with Gasteiger partial charge in [-0.2, -0.15) is 5.10 Å². The molecular formula is C13H15N3OS. The SMILES string of the molecule is CC1CCc2c(C(=O)Nc3cn[nH]c3)csc2C1. The molecule has 18 heavy (non-hydrogen) atoms. The van der Waals surface area contributed by atoms with Crippen molar-refractivity contribution >= 4 is 22.9 Å². The van der Waals surface area contributed by atoms with Gasteiger partial charge in [-0.25, -0.2) is 0 Å². The lowest BCUT2D eigenvalue weighted by atomic mass is 9.88. The average molecular weight is 261 g/mol. The summed E-state index contributed by atoms with van der Waals surface area (Å²) in [6.45, 7) is 2.27. The van der Waals surface area contributed by atoms with E-state index in [0.717, 1.165) is 24.3 Å².